The van der Waals surface area contributed by atoms with Gasteiger partial charge in [0.15, 0.2) is 0 Å². The standard InChI is InChI=1S/C15H21F2NS/c1-2-18-15(10-19-12-5-3-4-6-12)13-9-11(16)7-8-14(13)17/h7-9,12,15,18H,2-6,10H2,1H3. The van der Waals surface area contributed by atoms with Crippen LogP contribution in [0, 0.1) is 11.6 Å². The van der Waals surface area contributed by atoms with Crippen LogP contribution >= 0.6 is 11.8 Å². The molecule has 4 heteroatoms. The van der Waals surface area contributed by atoms with Crippen molar-refractivity contribution in [1.29, 1.82) is 0 Å². The minimum Gasteiger partial charge on any atom is -0.309 e. The smallest absolute Gasteiger partial charge is 0.128 e. The van der Waals surface area contributed by atoms with Gasteiger partial charge in [-0.3, -0.25) is 0 Å². The average Bonchev–Trinajstić information content (AvgIpc) is 2.91. The van der Waals surface area contributed by atoms with E-state index in [4.69, 9.17) is 0 Å². The number of benzene rings is 1. The highest BCUT2D eigenvalue weighted by atomic mass is 32.2. The summed E-state index contributed by atoms with van der Waals surface area (Å²) in [7, 11) is 0. The van der Waals surface area contributed by atoms with Gasteiger partial charge < -0.3 is 5.32 Å². The summed E-state index contributed by atoms with van der Waals surface area (Å²) >= 11 is 1.89. The van der Waals surface area contributed by atoms with Gasteiger partial charge in [-0.15, -0.1) is 0 Å². The quantitative estimate of drug-likeness (QED) is 0.836. The lowest BCUT2D eigenvalue weighted by Gasteiger charge is -2.20. The van der Waals surface area contributed by atoms with E-state index in [0.29, 0.717) is 10.8 Å². The number of thioether (sulfide) groups is 1. The molecular weight excluding hydrogens is 264 g/mol. The van der Waals surface area contributed by atoms with Gasteiger partial charge in [-0.2, -0.15) is 11.8 Å². The van der Waals surface area contributed by atoms with Gasteiger partial charge in [0, 0.05) is 22.6 Å². The molecule has 0 heterocycles. The zero-order valence-corrected chi connectivity index (χ0v) is 12.1. The fraction of sp³-hybridized carbons (Fsp3) is 0.600. The van der Waals surface area contributed by atoms with Gasteiger partial charge in [0.1, 0.15) is 11.6 Å². The minimum absolute atomic E-state index is 0.105. The van der Waals surface area contributed by atoms with Crippen LogP contribution < -0.4 is 5.32 Å². The first-order valence-corrected chi connectivity index (χ1v) is 8.05. The van der Waals surface area contributed by atoms with Crippen LogP contribution in [0.1, 0.15) is 44.2 Å². The minimum atomic E-state index is -0.370. The Labute approximate surface area is 118 Å². The summed E-state index contributed by atoms with van der Waals surface area (Å²) in [6.45, 7) is 2.75. The molecule has 1 aromatic carbocycles. The van der Waals surface area contributed by atoms with E-state index in [2.05, 4.69) is 5.32 Å². The second-order valence-electron chi connectivity index (χ2n) is 5.02. The van der Waals surface area contributed by atoms with E-state index >= 15 is 0 Å². The molecule has 106 valence electrons. The molecule has 0 radical (unpaired) electrons. The van der Waals surface area contributed by atoms with Crippen molar-refractivity contribution in [1.82, 2.24) is 5.32 Å². The van der Waals surface area contributed by atoms with Crippen LogP contribution in [0.2, 0.25) is 0 Å². The number of halogens is 2. The number of hydrogen-bond donors (Lipinski definition) is 1. The van der Waals surface area contributed by atoms with Crippen molar-refractivity contribution in [2.24, 2.45) is 0 Å². The molecular formula is C15H21F2NS. The van der Waals surface area contributed by atoms with E-state index in [9.17, 15) is 8.78 Å². The number of hydrogen-bond acceptors (Lipinski definition) is 2. The van der Waals surface area contributed by atoms with Gasteiger partial charge in [0.25, 0.3) is 0 Å². The monoisotopic (exact) mass is 285 g/mol. The van der Waals surface area contributed by atoms with Gasteiger partial charge in [-0.05, 0) is 37.6 Å². The lowest BCUT2D eigenvalue weighted by molar-refractivity contribution is 0.533. The summed E-state index contributed by atoms with van der Waals surface area (Å²) in [5, 5.41) is 3.96. The molecule has 1 aromatic rings. The maximum Gasteiger partial charge on any atom is 0.128 e. The molecule has 0 aromatic heterocycles. The van der Waals surface area contributed by atoms with Gasteiger partial charge in [0.05, 0.1) is 0 Å². The highest BCUT2D eigenvalue weighted by Crippen LogP contribution is 2.32. The third kappa shape index (κ3) is 4.18. The molecule has 1 saturated carbocycles. The van der Waals surface area contributed by atoms with Crippen molar-refractivity contribution in [3.05, 3.63) is 35.4 Å². The van der Waals surface area contributed by atoms with Gasteiger partial charge in [0.2, 0.25) is 0 Å². The molecule has 0 amide bonds. The van der Waals surface area contributed by atoms with Crippen molar-refractivity contribution in [3.8, 4) is 0 Å². The predicted molar refractivity (Wildman–Crippen MR) is 77.5 cm³/mol. The summed E-state index contributed by atoms with van der Waals surface area (Å²) in [6.07, 6.45) is 5.13. The van der Waals surface area contributed by atoms with E-state index in [-0.39, 0.29) is 17.7 Å². The number of nitrogens with one attached hydrogen (secondary N) is 1. The second-order valence-corrected chi connectivity index (χ2v) is 6.35. The normalized spacial score (nSPS) is 17.8. The topological polar surface area (TPSA) is 12.0 Å². The Bertz CT molecular complexity index is 405. The first kappa shape index (κ1) is 14.8. The van der Waals surface area contributed by atoms with E-state index in [1.165, 1.54) is 43.9 Å². The molecule has 0 saturated heterocycles. The molecule has 2 rings (SSSR count). The number of rotatable bonds is 6. The zero-order chi connectivity index (χ0) is 13.7. The molecule has 1 aliphatic carbocycles. The average molecular weight is 285 g/mol. The third-order valence-electron chi connectivity index (χ3n) is 3.58. The molecule has 1 unspecified atom stereocenters. The van der Waals surface area contributed by atoms with Crippen LogP contribution in [0.15, 0.2) is 18.2 Å². The van der Waals surface area contributed by atoms with Crippen LogP contribution in [-0.2, 0) is 0 Å². The fourth-order valence-corrected chi connectivity index (χ4v) is 4.00. The van der Waals surface area contributed by atoms with E-state index in [0.717, 1.165) is 12.3 Å². The Hall–Kier alpha value is -0.610. The Morgan fingerprint density at radius 1 is 1.32 bits per heavy atom. The second kappa shape index (κ2) is 7.25. The SMILES string of the molecule is CCNC(CSC1CCCC1)c1cc(F)ccc1F. The van der Waals surface area contributed by atoms with Crippen LogP contribution in [0.4, 0.5) is 8.78 Å². The van der Waals surface area contributed by atoms with E-state index in [1.807, 2.05) is 18.7 Å². The summed E-state index contributed by atoms with van der Waals surface area (Å²) in [5.41, 5.74) is 0.451. The Kier molecular flexibility index (Phi) is 5.64. The Balaban J connectivity index is 2.03. The predicted octanol–water partition coefficient (Wildman–Crippen LogP) is 4.29. The van der Waals surface area contributed by atoms with Crippen LogP contribution in [0.3, 0.4) is 0 Å². The van der Waals surface area contributed by atoms with Gasteiger partial charge in [-0.25, -0.2) is 8.78 Å². The van der Waals surface area contributed by atoms with Crippen LogP contribution in [0.5, 0.6) is 0 Å². The molecule has 0 spiro atoms. The third-order valence-corrected chi connectivity index (χ3v) is 5.05. The first-order valence-electron chi connectivity index (χ1n) is 7.00. The largest absolute Gasteiger partial charge is 0.309 e. The lowest BCUT2D eigenvalue weighted by atomic mass is 10.1. The van der Waals surface area contributed by atoms with E-state index in [1.54, 1.807) is 0 Å². The van der Waals surface area contributed by atoms with Crippen molar-refractivity contribution in [2.45, 2.75) is 43.9 Å². The molecule has 1 aliphatic rings. The fourth-order valence-electron chi connectivity index (χ4n) is 2.57. The maximum atomic E-state index is 13.8. The molecule has 1 N–H and O–H groups in total. The summed E-state index contributed by atoms with van der Waals surface area (Å²) in [4.78, 5) is 0. The zero-order valence-electron chi connectivity index (χ0n) is 11.3. The van der Waals surface area contributed by atoms with Crippen LogP contribution in [0.25, 0.3) is 0 Å². The molecule has 1 nitrogen and oxygen atoms in total. The summed E-state index contributed by atoms with van der Waals surface area (Å²) in [6, 6.07) is 3.60. The van der Waals surface area contributed by atoms with Gasteiger partial charge >= 0.3 is 0 Å². The van der Waals surface area contributed by atoms with Crippen LogP contribution in [-0.4, -0.2) is 17.5 Å². The lowest BCUT2D eigenvalue weighted by Crippen LogP contribution is -2.25. The van der Waals surface area contributed by atoms with Crippen molar-refractivity contribution < 1.29 is 8.78 Å². The molecule has 0 bridgehead atoms. The molecule has 1 fully saturated rings. The first-order chi connectivity index (χ1) is 9.20. The van der Waals surface area contributed by atoms with Gasteiger partial charge in [-0.1, -0.05) is 19.8 Å². The molecule has 0 aliphatic heterocycles. The summed E-state index contributed by atoms with van der Waals surface area (Å²) in [5.74, 6) is 0.114. The van der Waals surface area contributed by atoms with Crippen molar-refractivity contribution in [3.63, 3.8) is 0 Å². The van der Waals surface area contributed by atoms with E-state index < -0.39 is 0 Å². The highest BCUT2D eigenvalue weighted by molar-refractivity contribution is 7.99. The Morgan fingerprint density at radius 3 is 2.74 bits per heavy atom. The van der Waals surface area contributed by atoms with Crippen molar-refractivity contribution >= 4 is 11.8 Å². The Morgan fingerprint density at radius 2 is 2.05 bits per heavy atom. The molecule has 1 atom stereocenters. The summed E-state index contributed by atoms with van der Waals surface area (Å²) < 4.78 is 27.1. The van der Waals surface area contributed by atoms with Crippen molar-refractivity contribution in [2.75, 3.05) is 12.3 Å². The molecule has 19 heavy (non-hydrogen) atoms. The maximum absolute atomic E-state index is 13.8. The highest BCUT2D eigenvalue weighted by Gasteiger charge is 2.20.